The van der Waals surface area contributed by atoms with Gasteiger partial charge in [-0.15, -0.1) is 0 Å². The number of hydrogen-bond acceptors (Lipinski definition) is 4. The lowest BCUT2D eigenvalue weighted by atomic mass is 10.0. The second-order valence-electron chi connectivity index (χ2n) is 5.37. The van der Waals surface area contributed by atoms with Gasteiger partial charge in [0.1, 0.15) is 5.82 Å². The van der Waals surface area contributed by atoms with Crippen LogP contribution in [-0.4, -0.2) is 41.9 Å². The van der Waals surface area contributed by atoms with E-state index in [9.17, 15) is 8.42 Å². The van der Waals surface area contributed by atoms with Gasteiger partial charge < -0.3 is 10.3 Å². The topological polar surface area (TPSA) is 81.2 Å². The minimum Gasteiger partial charge on any atom is -0.330 e. The van der Waals surface area contributed by atoms with Gasteiger partial charge in [0.05, 0.1) is 6.20 Å². The molecule has 0 amide bonds. The molecule has 19 heavy (non-hydrogen) atoms. The van der Waals surface area contributed by atoms with E-state index in [1.54, 1.807) is 4.31 Å². The lowest BCUT2D eigenvalue weighted by Gasteiger charge is -2.31. The molecule has 1 saturated heterocycles. The molecule has 1 atom stereocenters. The molecule has 0 bridgehead atoms. The van der Waals surface area contributed by atoms with E-state index in [4.69, 9.17) is 5.73 Å². The highest BCUT2D eigenvalue weighted by atomic mass is 32.2. The van der Waals surface area contributed by atoms with Gasteiger partial charge in [0.15, 0.2) is 5.03 Å². The van der Waals surface area contributed by atoms with Crippen LogP contribution in [0.5, 0.6) is 0 Å². The SMILES string of the molecule is NCC1CCCN(S(=O)(=O)c2cnc3n2CCC3)C1. The van der Waals surface area contributed by atoms with E-state index in [-0.39, 0.29) is 5.92 Å². The number of aryl methyl sites for hydroxylation is 1. The van der Waals surface area contributed by atoms with Crippen molar-refractivity contribution in [2.45, 2.75) is 37.3 Å². The van der Waals surface area contributed by atoms with Gasteiger partial charge >= 0.3 is 0 Å². The molecule has 0 aromatic carbocycles. The van der Waals surface area contributed by atoms with Crippen molar-refractivity contribution in [2.24, 2.45) is 11.7 Å². The zero-order valence-corrected chi connectivity index (χ0v) is 11.8. The number of piperidine rings is 1. The third-order valence-electron chi connectivity index (χ3n) is 4.10. The van der Waals surface area contributed by atoms with Crippen LogP contribution in [0.1, 0.15) is 25.1 Å². The predicted octanol–water partition coefficient (Wildman–Crippen LogP) is 0.189. The van der Waals surface area contributed by atoms with Crippen molar-refractivity contribution >= 4 is 10.0 Å². The lowest BCUT2D eigenvalue weighted by molar-refractivity contribution is 0.270. The number of hydrogen-bond donors (Lipinski definition) is 1. The first kappa shape index (κ1) is 13.1. The molecule has 0 saturated carbocycles. The summed E-state index contributed by atoms with van der Waals surface area (Å²) < 4.78 is 28.8. The van der Waals surface area contributed by atoms with Crippen molar-refractivity contribution in [3.8, 4) is 0 Å². The smallest absolute Gasteiger partial charge is 0.260 e. The maximum absolute atomic E-state index is 12.7. The Bertz CT molecular complexity index is 566. The van der Waals surface area contributed by atoms with Gasteiger partial charge in [0.2, 0.25) is 0 Å². The van der Waals surface area contributed by atoms with Crippen LogP contribution in [-0.2, 0) is 23.0 Å². The zero-order chi connectivity index (χ0) is 13.5. The molecule has 2 aliphatic rings. The first-order valence-electron chi connectivity index (χ1n) is 6.87. The number of aromatic nitrogens is 2. The Kier molecular flexibility index (Phi) is 3.36. The van der Waals surface area contributed by atoms with Gasteiger partial charge in [-0.25, -0.2) is 13.4 Å². The number of sulfonamides is 1. The Hall–Kier alpha value is -0.920. The van der Waals surface area contributed by atoms with Crippen molar-refractivity contribution in [3.05, 3.63) is 12.0 Å². The third-order valence-corrected chi connectivity index (χ3v) is 5.97. The predicted molar refractivity (Wildman–Crippen MR) is 71.1 cm³/mol. The molecule has 1 fully saturated rings. The molecule has 3 heterocycles. The average Bonchev–Trinajstić information content (AvgIpc) is 3.01. The normalized spacial score (nSPS) is 24.6. The maximum atomic E-state index is 12.7. The Morgan fingerprint density at radius 1 is 1.37 bits per heavy atom. The Morgan fingerprint density at radius 2 is 2.21 bits per heavy atom. The summed E-state index contributed by atoms with van der Waals surface area (Å²) >= 11 is 0. The fourth-order valence-corrected chi connectivity index (χ4v) is 4.71. The Labute approximate surface area is 113 Å². The van der Waals surface area contributed by atoms with Crippen LogP contribution >= 0.6 is 0 Å². The van der Waals surface area contributed by atoms with E-state index in [0.29, 0.717) is 24.7 Å². The molecule has 2 aliphatic heterocycles. The number of imidazole rings is 1. The number of fused-ring (bicyclic) bond motifs is 1. The summed E-state index contributed by atoms with van der Waals surface area (Å²) in [6.45, 7) is 2.45. The summed E-state index contributed by atoms with van der Waals surface area (Å²) in [6.07, 6.45) is 5.28. The second kappa shape index (κ2) is 4.88. The Morgan fingerprint density at radius 3 is 3.00 bits per heavy atom. The van der Waals surface area contributed by atoms with Gasteiger partial charge in [-0.1, -0.05) is 0 Å². The quantitative estimate of drug-likeness (QED) is 0.859. The van der Waals surface area contributed by atoms with E-state index in [0.717, 1.165) is 38.1 Å². The number of nitrogens with zero attached hydrogens (tertiary/aromatic N) is 3. The minimum absolute atomic E-state index is 0.282. The molecule has 0 radical (unpaired) electrons. The average molecular weight is 284 g/mol. The molecule has 1 aromatic rings. The highest BCUT2D eigenvalue weighted by Crippen LogP contribution is 2.26. The molecule has 0 aliphatic carbocycles. The monoisotopic (exact) mass is 284 g/mol. The molecule has 0 spiro atoms. The highest BCUT2D eigenvalue weighted by molar-refractivity contribution is 7.89. The van der Waals surface area contributed by atoms with Crippen molar-refractivity contribution < 1.29 is 8.42 Å². The lowest BCUT2D eigenvalue weighted by Crippen LogP contribution is -2.42. The largest absolute Gasteiger partial charge is 0.330 e. The highest BCUT2D eigenvalue weighted by Gasteiger charge is 2.33. The fraction of sp³-hybridized carbons (Fsp3) is 0.750. The molecule has 1 unspecified atom stereocenters. The van der Waals surface area contributed by atoms with Gasteiger partial charge in [0.25, 0.3) is 10.0 Å². The van der Waals surface area contributed by atoms with Crippen molar-refractivity contribution in [3.63, 3.8) is 0 Å². The standard InChI is InChI=1S/C12H20N4O2S/c13-7-10-3-1-5-15(9-10)19(17,18)12-8-14-11-4-2-6-16(11)12/h8,10H,1-7,9,13H2. The molecule has 6 nitrogen and oxygen atoms in total. The van der Waals surface area contributed by atoms with E-state index >= 15 is 0 Å². The van der Waals surface area contributed by atoms with Crippen molar-refractivity contribution in [1.29, 1.82) is 0 Å². The maximum Gasteiger partial charge on any atom is 0.260 e. The summed E-state index contributed by atoms with van der Waals surface area (Å²) in [4.78, 5) is 4.23. The molecule has 1 aromatic heterocycles. The van der Waals surface area contributed by atoms with Crippen LogP contribution in [0.4, 0.5) is 0 Å². The summed E-state index contributed by atoms with van der Waals surface area (Å²) in [6, 6.07) is 0. The molecule has 2 N–H and O–H groups in total. The van der Waals surface area contributed by atoms with Crippen molar-refractivity contribution in [1.82, 2.24) is 13.9 Å². The zero-order valence-electron chi connectivity index (χ0n) is 11.0. The van der Waals surface area contributed by atoms with E-state index in [1.807, 2.05) is 4.57 Å². The van der Waals surface area contributed by atoms with E-state index in [2.05, 4.69) is 4.98 Å². The Balaban J connectivity index is 1.89. The summed E-state index contributed by atoms with van der Waals surface area (Å²) in [5.74, 6) is 1.18. The van der Waals surface area contributed by atoms with Gasteiger partial charge in [0, 0.05) is 26.1 Å². The van der Waals surface area contributed by atoms with Crippen LogP contribution in [0.3, 0.4) is 0 Å². The second-order valence-corrected chi connectivity index (χ2v) is 7.26. The van der Waals surface area contributed by atoms with E-state index in [1.165, 1.54) is 6.20 Å². The molecule has 3 rings (SSSR count). The van der Waals surface area contributed by atoms with Crippen LogP contribution in [0.25, 0.3) is 0 Å². The van der Waals surface area contributed by atoms with Gasteiger partial charge in [-0.2, -0.15) is 4.31 Å². The van der Waals surface area contributed by atoms with Gasteiger partial charge in [-0.3, -0.25) is 0 Å². The first-order chi connectivity index (χ1) is 9.13. The summed E-state index contributed by atoms with van der Waals surface area (Å²) in [5, 5.41) is 0.359. The molecule has 7 heteroatoms. The first-order valence-corrected chi connectivity index (χ1v) is 8.31. The summed E-state index contributed by atoms with van der Waals surface area (Å²) in [7, 11) is -3.41. The molecular formula is C12H20N4O2S. The van der Waals surface area contributed by atoms with Crippen molar-refractivity contribution in [2.75, 3.05) is 19.6 Å². The summed E-state index contributed by atoms with van der Waals surface area (Å²) in [5.41, 5.74) is 5.68. The number of rotatable bonds is 3. The number of nitrogens with two attached hydrogens (primary N) is 1. The third kappa shape index (κ3) is 2.19. The van der Waals surface area contributed by atoms with E-state index < -0.39 is 10.0 Å². The van der Waals surface area contributed by atoms with Crippen LogP contribution in [0.15, 0.2) is 11.2 Å². The fourth-order valence-electron chi connectivity index (χ4n) is 3.01. The van der Waals surface area contributed by atoms with Crippen LogP contribution in [0, 0.1) is 5.92 Å². The molecule has 106 valence electrons. The van der Waals surface area contributed by atoms with Crippen LogP contribution < -0.4 is 5.73 Å². The van der Waals surface area contributed by atoms with Gasteiger partial charge in [-0.05, 0) is 31.7 Å². The van der Waals surface area contributed by atoms with Crippen LogP contribution in [0.2, 0.25) is 0 Å². The minimum atomic E-state index is -3.41. The molecular weight excluding hydrogens is 264 g/mol.